The summed E-state index contributed by atoms with van der Waals surface area (Å²) in [4.78, 5) is 13.3. The summed E-state index contributed by atoms with van der Waals surface area (Å²) >= 11 is 0. The average molecular weight is 151 g/mol. The summed E-state index contributed by atoms with van der Waals surface area (Å²) in [6, 6.07) is 0.535. The van der Waals surface area contributed by atoms with E-state index in [0.29, 0.717) is 6.04 Å². The number of fused-ring (bicyclic) bond motifs is 1. The summed E-state index contributed by atoms with van der Waals surface area (Å²) in [7, 11) is 0. The second kappa shape index (κ2) is 2.36. The Kier molecular flexibility index (Phi) is 1.48. The predicted octanol–water partition coefficient (Wildman–Crippen LogP) is 1.33. The van der Waals surface area contributed by atoms with Crippen LogP contribution in [0.5, 0.6) is 0 Å². The SMILES string of the molecule is CC1=CC(=O)N2CCCC2C1. The zero-order valence-corrected chi connectivity index (χ0v) is 6.84. The van der Waals surface area contributed by atoms with Crippen LogP contribution in [-0.4, -0.2) is 23.4 Å². The Morgan fingerprint density at radius 1 is 1.64 bits per heavy atom. The van der Waals surface area contributed by atoms with Crippen LogP contribution in [0.2, 0.25) is 0 Å². The Labute approximate surface area is 66.9 Å². The normalized spacial score (nSPS) is 30.3. The molecule has 0 aromatic heterocycles. The van der Waals surface area contributed by atoms with Crippen LogP contribution in [0.1, 0.15) is 26.2 Å². The largest absolute Gasteiger partial charge is 0.336 e. The van der Waals surface area contributed by atoms with Crippen LogP contribution in [-0.2, 0) is 4.79 Å². The lowest BCUT2D eigenvalue weighted by Crippen LogP contribution is -2.37. The minimum atomic E-state index is 0.233. The third-order valence-electron chi connectivity index (χ3n) is 2.59. The zero-order valence-electron chi connectivity index (χ0n) is 6.84. The third kappa shape index (κ3) is 1.06. The van der Waals surface area contributed by atoms with Gasteiger partial charge in [0.25, 0.3) is 0 Å². The van der Waals surface area contributed by atoms with E-state index in [9.17, 15) is 4.79 Å². The van der Waals surface area contributed by atoms with Gasteiger partial charge in [0.15, 0.2) is 0 Å². The number of rotatable bonds is 0. The Bertz CT molecular complexity index is 220. The van der Waals surface area contributed by atoms with Gasteiger partial charge in [0.2, 0.25) is 5.91 Å². The molecule has 0 bridgehead atoms. The summed E-state index contributed by atoms with van der Waals surface area (Å²) in [5, 5.41) is 0. The number of hydrogen-bond donors (Lipinski definition) is 0. The third-order valence-corrected chi connectivity index (χ3v) is 2.59. The molecular formula is C9H13NO. The molecule has 60 valence electrons. The van der Waals surface area contributed by atoms with Crippen LogP contribution in [0.15, 0.2) is 11.6 Å². The van der Waals surface area contributed by atoms with Crippen LogP contribution < -0.4 is 0 Å². The molecule has 1 unspecified atom stereocenters. The maximum Gasteiger partial charge on any atom is 0.246 e. The minimum Gasteiger partial charge on any atom is -0.336 e. The van der Waals surface area contributed by atoms with Gasteiger partial charge in [-0.25, -0.2) is 0 Å². The first-order valence-corrected chi connectivity index (χ1v) is 4.25. The quantitative estimate of drug-likeness (QED) is 0.511. The van der Waals surface area contributed by atoms with Crippen molar-refractivity contribution in [1.29, 1.82) is 0 Å². The van der Waals surface area contributed by atoms with E-state index in [2.05, 4.69) is 0 Å². The molecule has 1 amide bonds. The van der Waals surface area contributed by atoms with Crippen molar-refractivity contribution in [2.24, 2.45) is 0 Å². The highest BCUT2D eigenvalue weighted by molar-refractivity contribution is 5.89. The zero-order chi connectivity index (χ0) is 7.84. The minimum absolute atomic E-state index is 0.233. The van der Waals surface area contributed by atoms with Crippen molar-refractivity contribution in [2.45, 2.75) is 32.2 Å². The monoisotopic (exact) mass is 151 g/mol. The molecule has 0 spiro atoms. The van der Waals surface area contributed by atoms with Gasteiger partial charge < -0.3 is 4.90 Å². The summed E-state index contributed by atoms with van der Waals surface area (Å²) < 4.78 is 0. The Balaban J connectivity index is 2.23. The molecule has 0 aromatic carbocycles. The maximum atomic E-state index is 11.3. The topological polar surface area (TPSA) is 20.3 Å². The lowest BCUT2D eigenvalue weighted by atomic mass is 10.0. The molecule has 2 rings (SSSR count). The molecule has 0 N–H and O–H groups in total. The van der Waals surface area contributed by atoms with E-state index >= 15 is 0 Å². The Morgan fingerprint density at radius 2 is 2.45 bits per heavy atom. The van der Waals surface area contributed by atoms with Crippen molar-refractivity contribution in [3.05, 3.63) is 11.6 Å². The van der Waals surface area contributed by atoms with E-state index in [1.165, 1.54) is 18.4 Å². The molecule has 1 atom stereocenters. The Morgan fingerprint density at radius 3 is 3.27 bits per heavy atom. The molecule has 0 aliphatic carbocycles. The van der Waals surface area contributed by atoms with Crippen molar-refractivity contribution in [1.82, 2.24) is 4.90 Å². The van der Waals surface area contributed by atoms with E-state index < -0.39 is 0 Å². The number of amides is 1. The van der Waals surface area contributed by atoms with Crippen molar-refractivity contribution in [3.8, 4) is 0 Å². The smallest absolute Gasteiger partial charge is 0.246 e. The highest BCUT2D eigenvalue weighted by Gasteiger charge is 2.30. The number of carbonyl (C=O) groups excluding carboxylic acids is 1. The van der Waals surface area contributed by atoms with Gasteiger partial charge in [0, 0.05) is 18.7 Å². The van der Waals surface area contributed by atoms with Crippen molar-refractivity contribution >= 4 is 5.91 Å². The lowest BCUT2D eigenvalue weighted by Gasteiger charge is -2.27. The lowest BCUT2D eigenvalue weighted by molar-refractivity contribution is -0.127. The molecule has 1 fully saturated rings. The van der Waals surface area contributed by atoms with Gasteiger partial charge in [0.05, 0.1) is 0 Å². The van der Waals surface area contributed by atoms with E-state index in [1.807, 2.05) is 11.8 Å². The van der Waals surface area contributed by atoms with E-state index in [-0.39, 0.29) is 5.91 Å². The predicted molar refractivity (Wildman–Crippen MR) is 43.1 cm³/mol. The van der Waals surface area contributed by atoms with E-state index in [4.69, 9.17) is 0 Å². The molecule has 2 heterocycles. The first-order valence-electron chi connectivity index (χ1n) is 4.25. The fraction of sp³-hybridized carbons (Fsp3) is 0.667. The molecule has 2 aliphatic rings. The summed E-state index contributed by atoms with van der Waals surface area (Å²) in [5.41, 5.74) is 1.25. The second-order valence-corrected chi connectivity index (χ2v) is 3.52. The van der Waals surface area contributed by atoms with Gasteiger partial charge in [-0.2, -0.15) is 0 Å². The summed E-state index contributed by atoms with van der Waals surface area (Å²) in [5.74, 6) is 0.233. The molecule has 2 heteroatoms. The number of nitrogens with zero attached hydrogens (tertiary/aromatic N) is 1. The van der Waals surface area contributed by atoms with Gasteiger partial charge >= 0.3 is 0 Å². The summed E-state index contributed by atoms with van der Waals surface area (Å²) in [6.45, 7) is 3.03. The molecule has 2 nitrogen and oxygen atoms in total. The van der Waals surface area contributed by atoms with E-state index in [0.717, 1.165) is 13.0 Å². The maximum absolute atomic E-state index is 11.3. The average Bonchev–Trinajstić information content (AvgIpc) is 2.34. The molecular weight excluding hydrogens is 138 g/mol. The first kappa shape index (κ1) is 6.89. The fourth-order valence-corrected chi connectivity index (χ4v) is 2.06. The first-order chi connectivity index (χ1) is 5.27. The molecule has 0 saturated carbocycles. The molecule has 1 saturated heterocycles. The standard InChI is InChI=1S/C9H13NO/c1-7-5-8-3-2-4-10(8)9(11)6-7/h6,8H,2-5H2,1H3. The molecule has 11 heavy (non-hydrogen) atoms. The van der Waals surface area contributed by atoms with Crippen molar-refractivity contribution in [2.75, 3.05) is 6.54 Å². The Hall–Kier alpha value is -0.790. The molecule has 2 aliphatic heterocycles. The van der Waals surface area contributed by atoms with Gasteiger partial charge in [-0.1, -0.05) is 5.57 Å². The fourth-order valence-electron chi connectivity index (χ4n) is 2.06. The highest BCUT2D eigenvalue weighted by Crippen LogP contribution is 2.27. The van der Waals surface area contributed by atoms with Gasteiger partial charge in [0.1, 0.15) is 0 Å². The van der Waals surface area contributed by atoms with Gasteiger partial charge in [-0.3, -0.25) is 4.79 Å². The summed E-state index contributed by atoms with van der Waals surface area (Å²) in [6.07, 6.45) is 5.28. The second-order valence-electron chi connectivity index (χ2n) is 3.52. The van der Waals surface area contributed by atoms with Crippen LogP contribution in [0.4, 0.5) is 0 Å². The van der Waals surface area contributed by atoms with Crippen molar-refractivity contribution in [3.63, 3.8) is 0 Å². The number of hydrogen-bond acceptors (Lipinski definition) is 1. The van der Waals surface area contributed by atoms with Gasteiger partial charge in [-0.15, -0.1) is 0 Å². The van der Waals surface area contributed by atoms with E-state index in [1.54, 1.807) is 6.08 Å². The van der Waals surface area contributed by atoms with Crippen LogP contribution in [0.3, 0.4) is 0 Å². The number of carbonyl (C=O) groups is 1. The van der Waals surface area contributed by atoms with Gasteiger partial charge in [-0.05, 0) is 26.2 Å². The highest BCUT2D eigenvalue weighted by atomic mass is 16.2. The van der Waals surface area contributed by atoms with Crippen LogP contribution in [0, 0.1) is 0 Å². The molecule has 0 aromatic rings. The molecule has 0 radical (unpaired) electrons. The van der Waals surface area contributed by atoms with Crippen LogP contribution in [0.25, 0.3) is 0 Å². The van der Waals surface area contributed by atoms with Crippen LogP contribution >= 0.6 is 0 Å². The van der Waals surface area contributed by atoms with Crippen molar-refractivity contribution < 1.29 is 4.79 Å².